The molecule has 0 amide bonds. The molecule has 4 fully saturated rings. The van der Waals surface area contributed by atoms with Gasteiger partial charge in [-0.2, -0.15) is 0 Å². The van der Waals surface area contributed by atoms with Crippen LogP contribution in [0.2, 0.25) is 0 Å². The Morgan fingerprint density at radius 3 is 2.18 bits per heavy atom. The van der Waals surface area contributed by atoms with E-state index in [1.807, 2.05) is 19.9 Å². The fourth-order valence-corrected chi connectivity index (χ4v) is 5.42. The third-order valence-electron chi connectivity index (χ3n) is 5.30. The van der Waals surface area contributed by atoms with E-state index in [0.29, 0.717) is 11.2 Å². The molecular formula is C16H24O. The van der Waals surface area contributed by atoms with Crippen LogP contribution in [0.25, 0.3) is 0 Å². The third-order valence-corrected chi connectivity index (χ3v) is 5.30. The van der Waals surface area contributed by atoms with Crippen LogP contribution in [-0.2, 0) is 4.79 Å². The first-order valence-corrected chi connectivity index (χ1v) is 7.10. The van der Waals surface area contributed by atoms with Crippen molar-refractivity contribution in [3.63, 3.8) is 0 Å². The maximum Gasteiger partial charge on any atom is 0.161 e. The van der Waals surface area contributed by atoms with Crippen molar-refractivity contribution < 1.29 is 4.79 Å². The van der Waals surface area contributed by atoms with E-state index < -0.39 is 0 Å². The number of carbonyl (C=O) groups is 1. The fourth-order valence-electron chi connectivity index (χ4n) is 5.42. The minimum atomic E-state index is 0.0378. The van der Waals surface area contributed by atoms with Crippen molar-refractivity contribution in [1.29, 1.82) is 0 Å². The summed E-state index contributed by atoms with van der Waals surface area (Å²) in [5.41, 5.74) is 1.68. The van der Waals surface area contributed by atoms with Crippen LogP contribution in [0.1, 0.15) is 59.3 Å². The molecular weight excluding hydrogens is 208 g/mol. The maximum atomic E-state index is 12.6. The van der Waals surface area contributed by atoms with E-state index in [4.69, 9.17) is 0 Å². The van der Waals surface area contributed by atoms with Gasteiger partial charge in [-0.25, -0.2) is 0 Å². The van der Waals surface area contributed by atoms with Crippen LogP contribution in [0.4, 0.5) is 0 Å². The lowest BCUT2D eigenvalue weighted by molar-refractivity contribution is -0.148. The van der Waals surface area contributed by atoms with Crippen LogP contribution in [0, 0.1) is 22.7 Å². The molecule has 0 radical (unpaired) electrons. The Kier molecular flexibility index (Phi) is 2.34. The van der Waals surface area contributed by atoms with Gasteiger partial charge in [-0.15, -0.1) is 0 Å². The molecule has 0 aromatic heterocycles. The zero-order chi connectivity index (χ0) is 12.3. The normalized spacial score (nSPS) is 47.0. The van der Waals surface area contributed by atoms with Gasteiger partial charge in [0.25, 0.3) is 0 Å². The summed E-state index contributed by atoms with van der Waals surface area (Å²) in [7, 11) is 0. The molecule has 0 heterocycles. The number of hydrogen-bond acceptors (Lipinski definition) is 1. The van der Waals surface area contributed by atoms with Gasteiger partial charge in [0.05, 0.1) is 0 Å². The summed E-state index contributed by atoms with van der Waals surface area (Å²) < 4.78 is 0. The smallest absolute Gasteiger partial charge is 0.161 e. The van der Waals surface area contributed by atoms with Crippen molar-refractivity contribution in [3.05, 3.63) is 11.6 Å². The molecule has 0 aliphatic heterocycles. The van der Waals surface area contributed by atoms with Gasteiger partial charge in [-0.05, 0) is 75.7 Å². The quantitative estimate of drug-likeness (QED) is 0.654. The average molecular weight is 232 g/mol. The second-order valence-corrected chi connectivity index (χ2v) is 7.64. The second-order valence-electron chi connectivity index (χ2n) is 7.64. The SMILES string of the molecule is CC(C)=CC(=O)C12CC3CC(CC(C)(C3)C1)C2. The molecule has 4 aliphatic rings. The number of hydrogen-bond donors (Lipinski definition) is 0. The number of ketones is 1. The van der Waals surface area contributed by atoms with Crippen LogP contribution in [0.3, 0.4) is 0 Å². The lowest BCUT2D eigenvalue weighted by Gasteiger charge is -2.60. The van der Waals surface area contributed by atoms with Crippen LogP contribution in [-0.4, -0.2) is 5.78 Å². The Bertz CT molecular complexity index is 372. The van der Waals surface area contributed by atoms with Gasteiger partial charge in [0.2, 0.25) is 0 Å². The summed E-state index contributed by atoms with van der Waals surface area (Å²) >= 11 is 0. The summed E-state index contributed by atoms with van der Waals surface area (Å²) in [4.78, 5) is 12.6. The van der Waals surface area contributed by atoms with Crippen LogP contribution in [0.5, 0.6) is 0 Å². The van der Waals surface area contributed by atoms with E-state index in [0.717, 1.165) is 23.8 Å². The molecule has 0 N–H and O–H groups in total. The third kappa shape index (κ3) is 1.78. The van der Waals surface area contributed by atoms with Gasteiger partial charge in [0, 0.05) is 5.41 Å². The van der Waals surface area contributed by atoms with Crippen molar-refractivity contribution in [1.82, 2.24) is 0 Å². The van der Waals surface area contributed by atoms with Crippen molar-refractivity contribution in [3.8, 4) is 0 Å². The van der Waals surface area contributed by atoms with E-state index >= 15 is 0 Å². The van der Waals surface area contributed by atoms with E-state index in [9.17, 15) is 4.79 Å². The minimum absolute atomic E-state index is 0.0378. The Hall–Kier alpha value is -0.590. The van der Waals surface area contributed by atoms with Gasteiger partial charge in [-0.3, -0.25) is 4.79 Å². The summed E-state index contributed by atoms with van der Waals surface area (Å²) in [5.74, 6) is 2.13. The van der Waals surface area contributed by atoms with Gasteiger partial charge in [0.15, 0.2) is 5.78 Å². The van der Waals surface area contributed by atoms with Gasteiger partial charge < -0.3 is 0 Å². The van der Waals surface area contributed by atoms with E-state index in [1.54, 1.807) is 0 Å². The second kappa shape index (κ2) is 3.46. The van der Waals surface area contributed by atoms with E-state index in [1.165, 1.54) is 32.1 Å². The predicted molar refractivity (Wildman–Crippen MR) is 69.7 cm³/mol. The Morgan fingerprint density at radius 2 is 1.71 bits per heavy atom. The zero-order valence-electron chi connectivity index (χ0n) is 11.4. The summed E-state index contributed by atoms with van der Waals surface area (Å²) in [5, 5.41) is 0. The summed E-state index contributed by atoms with van der Waals surface area (Å²) in [6.45, 7) is 6.51. The van der Waals surface area contributed by atoms with Crippen LogP contribution < -0.4 is 0 Å². The van der Waals surface area contributed by atoms with Crippen molar-refractivity contribution in [2.45, 2.75) is 59.3 Å². The number of rotatable bonds is 2. The predicted octanol–water partition coefficient (Wildman–Crippen LogP) is 4.13. The van der Waals surface area contributed by atoms with Crippen molar-refractivity contribution in [2.24, 2.45) is 22.7 Å². The van der Waals surface area contributed by atoms with Crippen molar-refractivity contribution >= 4 is 5.78 Å². The fraction of sp³-hybridized carbons (Fsp3) is 0.812. The molecule has 0 aromatic carbocycles. The molecule has 2 atom stereocenters. The first-order chi connectivity index (χ1) is 7.91. The van der Waals surface area contributed by atoms with E-state index in [2.05, 4.69) is 6.92 Å². The largest absolute Gasteiger partial charge is 0.294 e. The molecule has 94 valence electrons. The van der Waals surface area contributed by atoms with Gasteiger partial charge in [0.1, 0.15) is 0 Å². The van der Waals surface area contributed by atoms with Crippen LogP contribution in [0.15, 0.2) is 11.6 Å². The molecule has 4 saturated carbocycles. The number of carbonyl (C=O) groups excluding carboxylic acids is 1. The molecule has 0 saturated heterocycles. The van der Waals surface area contributed by atoms with Crippen LogP contribution >= 0.6 is 0 Å². The molecule has 4 bridgehead atoms. The molecule has 4 aliphatic carbocycles. The highest BCUT2D eigenvalue weighted by atomic mass is 16.1. The van der Waals surface area contributed by atoms with Gasteiger partial charge in [-0.1, -0.05) is 12.5 Å². The molecule has 2 unspecified atom stereocenters. The lowest BCUT2D eigenvalue weighted by Crippen LogP contribution is -2.53. The first-order valence-electron chi connectivity index (χ1n) is 7.10. The molecule has 0 aromatic rings. The maximum absolute atomic E-state index is 12.6. The molecule has 17 heavy (non-hydrogen) atoms. The standard InChI is InChI=1S/C16H24O/c1-11(2)4-14(17)16-8-12-5-13(9-16)7-15(3,6-12)10-16/h4,12-13H,5-10H2,1-3H3. The molecule has 4 rings (SSSR count). The molecule has 1 heteroatoms. The minimum Gasteiger partial charge on any atom is -0.294 e. The topological polar surface area (TPSA) is 17.1 Å². The Morgan fingerprint density at radius 1 is 1.12 bits per heavy atom. The lowest BCUT2D eigenvalue weighted by atomic mass is 9.44. The van der Waals surface area contributed by atoms with Gasteiger partial charge >= 0.3 is 0 Å². The highest BCUT2D eigenvalue weighted by Crippen LogP contribution is 2.65. The Balaban J connectivity index is 1.93. The Labute approximate surface area is 105 Å². The van der Waals surface area contributed by atoms with Crippen molar-refractivity contribution in [2.75, 3.05) is 0 Å². The highest BCUT2D eigenvalue weighted by molar-refractivity contribution is 5.95. The molecule has 0 spiro atoms. The summed E-state index contributed by atoms with van der Waals surface area (Å²) in [6.07, 6.45) is 9.61. The molecule has 1 nitrogen and oxygen atoms in total. The zero-order valence-corrected chi connectivity index (χ0v) is 11.4. The monoisotopic (exact) mass is 232 g/mol. The summed E-state index contributed by atoms with van der Waals surface area (Å²) in [6, 6.07) is 0. The highest BCUT2D eigenvalue weighted by Gasteiger charge is 2.58. The number of allylic oxidation sites excluding steroid dienone is 2. The first kappa shape index (κ1) is 11.5. The van der Waals surface area contributed by atoms with E-state index in [-0.39, 0.29) is 5.41 Å². The average Bonchev–Trinajstić information content (AvgIpc) is 2.11.